The summed E-state index contributed by atoms with van der Waals surface area (Å²) in [4.78, 5) is 0. The first kappa shape index (κ1) is 13.3. The van der Waals surface area contributed by atoms with Gasteiger partial charge in [0.2, 0.25) is 9.76 Å². The lowest BCUT2D eigenvalue weighted by atomic mass is 10.2. The van der Waals surface area contributed by atoms with E-state index in [9.17, 15) is 13.2 Å². The quantitative estimate of drug-likeness (QED) is 0.588. The molecule has 16 heavy (non-hydrogen) atoms. The van der Waals surface area contributed by atoms with Gasteiger partial charge in [-0.25, -0.2) is 13.2 Å². The van der Waals surface area contributed by atoms with Crippen LogP contribution in [0.4, 0.5) is 13.2 Å². The van der Waals surface area contributed by atoms with Crippen LogP contribution in [0.25, 0.3) is 0 Å². The summed E-state index contributed by atoms with van der Waals surface area (Å²) in [5.41, 5.74) is -0.172. The van der Waals surface area contributed by atoms with Crippen LogP contribution < -0.4 is 0 Å². The first-order chi connectivity index (χ1) is 7.29. The average molecular weight is 246 g/mol. The van der Waals surface area contributed by atoms with Crippen LogP contribution in [-0.2, 0) is 10.5 Å². The molecular formula is C11H13F3OSi. The van der Waals surface area contributed by atoms with E-state index in [1.165, 1.54) is 0 Å². The molecule has 0 saturated carbocycles. The highest BCUT2D eigenvalue weighted by Crippen LogP contribution is 2.14. The largest absolute Gasteiger partial charge is 0.412 e. The fraction of sp³-hybridized carbons (Fsp3) is 0.455. The molecule has 0 aliphatic heterocycles. The van der Waals surface area contributed by atoms with E-state index in [2.05, 4.69) is 0 Å². The van der Waals surface area contributed by atoms with Crippen molar-refractivity contribution in [2.45, 2.75) is 32.4 Å². The highest BCUT2D eigenvalue weighted by molar-refractivity contribution is 6.26. The van der Waals surface area contributed by atoms with E-state index >= 15 is 0 Å². The molecule has 5 heteroatoms. The van der Waals surface area contributed by atoms with Crippen LogP contribution >= 0.6 is 0 Å². The molecule has 0 amide bonds. The Morgan fingerprint density at radius 2 is 1.62 bits per heavy atom. The zero-order chi connectivity index (χ0) is 12.3. The minimum absolute atomic E-state index is 0.0215. The van der Waals surface area contributed by atoms with Gasteiger partial charge in [-0.05, 0) is 38.4 Å². The van der Waals surface area contributed by atoms with Crippen molar-refractivity contribution in [3.63, 3.8) is 0 Å². The highest BCUT2D eigenvalue weighted by Gasteiger charge is 2.13. The second-order valence-electron chi connectivity index (χ2n) is 4.39. The van der Waals surface area contributed by atoms with Gasteiger partial charge >= 0.3 is 0 Å². The third kappa shape index (κ3) is 3.98. The van der Waals surface area contributed by atoms with E-state index in [1.54, 1.807) is 0 Å². The van der Waals surface area contributed by atoms with Gasteiger partial charge in [0.1, 0.15) is 5.82 Å². The van der Waals surface area contributed by atoms with Gasteiger partial charge in [-0.2, -0.15) is 0 Å². The van der Waals surface area contributed by atoms with Crippen molar-refractivity contribution in [2.24, 2.45) is 0 Å². The predicted octanol–water partition coefficient (Wildman–Crippen LogP) is 3.04. The summed E-state index contributed by atoms with van der Waals surface area (Å²) in [6.07, 6.45) is 0. The first-order valence-corrected chi connectivity index (χ1v) is 5.95. The molecule has 0 bridgehead atoms. The minimum atomic E-state index is -1.17. The Hall–Kier alpha value is -0.813. The topological polar surface area (TPSA) is 9.23 Å². The van der Waals surface area contributed by atoms with Crippen molar-refractivity contribution in [1.82, 2.24) is 0 Å². The number of hydrogen-bond donors (Lipinski definition) is 0. The van der Waals surface area contributed by atoms with Crippen LogP contribution in [0.2, 0.25) is 0 Å². The lowest BCUT2D eigenvalue weighted by Crippen LogP contribution is -2.23. The molecule has 1 nitrogen and oxygen atoms in total. The second-order valence-corrected chi connectivity index (χ2v) is 5.24. The van der Waals surface area contributed by atoms with Crippen molar-refractivity contribution in [1.29, 1.82) is 0 Å². The van der Waals surface area contributed by atoms with E-state index in [0.717, 1.165) is 6.07 Å². The van der Waals surface area contributed by atoms with Gasteiger partial charge in [0, 0.05) is 11.7 Å². The molecule has 0 aliphatic rings. The maximum absolute atomic E-state index is 13.2. The molecule has 0 aliphatic carbocycles. The molecule has 0 atom stereocenters. The summed E-state index contributed by atoms with van der Waals surface area (Å²) in [5, 5.41) is 0. The second kappa shape index (κ2) is 5.01. The molecular weight excluding hydrogens is 233 g/mol. The Morgan fingerprint density at radius 3 is 2.19 bits per heavy atom. The van der Waals surface area contributed by atoms with E-state index < -0.39 is 17.5 Å². The number of halogens is 3. The monoisotopic (exact) mass is 246 g/mol. The Morgan fingerprint density at radius 1 is 1.06 bits per heavy atom. The summed E-state index contributed by atoms with van der Waals surface area (Å²) in [7, 11) is 0.0215. The summed E-state index contributed by atoms with van der Waals surface area (Å²) in [5.74, 6) is -2.93. The van der Waals surface area contributed by atoms with Gasteiger partial charge in [0.05, 0.1) is 0 Å². The Bertz CT molecular complexity index is 374. The van der Waals surface area contributed by atoms with Crippen molar-refractivity contribution in [2.75, 3.05) is 0 Å². The summed E-state index contributed by atoms with van der Waals surface area (Å²) < 4.78 is 44.1. The molecule has 0 heterocycles. The van der Waals surface area contributed by atoms with Crippen LogP contribution in [0, 0.1) is 17.5 Å². The van der Waals surface area contributed by atoms with Crippen molar-refractivity contribution in [3.8, 4) is 0 Å². The van der Waals surface area contributed by atoms with Gasteiger partial charge in [-0.1, -0.05) is 0 Å². The van der Waals surface area contributed by atoms with Crippen molar-refractivity contribution < 1.29 is 17.6 Å². The van der Waals surface area contributed by atoms with Crippen LogP contribution in [0.3, 0.4) is 0 Å². The standard InChI is InChI=1S/C11H13F3OSi/c1-11(2,3)15-16-6-7-4-9(13)10(14)5-8(7)12/h4-5H,6H2,1-3H3. The van der Waals surface area contributed by atoms with E-state index in [4.69, 9.17) is 4.43 Å². The van der Waals surface area contributed by atoms with Gasteiger partial charge in [-0.15, -0.1) is 0 Å². The van der Waals surface area contributed by atoms with Crippen LogP contribution in [0.1, 0.15) is 26.3 Å². The Labute approximate surface area is 95.6 Å². The van der Waals surface area contributed by atoms with Gasteiger partial charge in [-0.3, -0.25) is 0 Å². The lowest BCUT2D eigenvalue weighted by molar-refractivity contribution is 0.137. The maximum atomic E-state index is 13.2. The number of benzene rings is 1. The van der Waals surface area contributed by atoms with Crippen molar-refractivity contribution >= 4 is 9.76 Å². The fourth-order valence-electron chi connectivity index (χ4n) is 1.03. The molecule has 0 aromatic heterocycles. The Balaban J connectivity index is 2.64. The molecule has 0 saturated heterocycles. The summed E-state index contributed by atoms with van der Waals surface area (Å²) >= 11 is 0. The molecule has 0 unspecified atom stereocenters. The van der Waals surface area contributed by atoms with E-state index in [1.807, 2.05) is 20.8 Å². The molecule has 2 radical (unpaired) electrons. The summed E-state index contributed by atoms with van der Waals surface area (Å²) in [6, 6.07) is 1.69. The van der Waals surface area contributed by atoms with Gasteiger partial charge < -0.3 is 4.43 Å². The molecule has 1 aromatic carbocycles. The number of hydrogen-bond acceptors (Lipinski definition) is 1. The normalized spacial score (nSPS) is 11.9. The molecule has 1 aromatic rings. The zero-order valence-corrected chi connectivity index (χ0v) is 10.4. The predicted molar refractivity (Wildman–Crippen MR) is 56.6 cm³/mol. The third-order valence-corrected chi connectivity index (χ3v) is 3.01. The third-order valence-electron chi connectivity index (χ3n) is 1.73. The van der Waals surface area contributed by atoms with Gasteiger partial charge in [0.25, 0.3) is 0 Å². The Kier molecular flexibility index (Phi) is 4.15. The molecule has 0 N–H and O–H groups in total. The van der Waals surface area contributed by atoms with Crippen LogP contribution in [0.15, 0.2) is 12.1 Å². The van der Waals surface area contributed by atoms with Crippen molar-refractivity contribution in [3.05, 3.63) is 35.1 Å². The smallest absolute Gasteiger partial charge is 0.235 e. The van der Waals surface area contributed by atoms with E-state index in [0.29, 0.717) is 6.07 Å². The molecule has 1 rings (SSSR count). The SMILES string of the molecule is CC(C)(C)O[Si]Cc1cc(F)c(F)cc1F. The molecule has 0 fully saturated rings. The number of rotatable bonds is 3. The van der Waals surface area contributed by atoms with Crippen LogP contribution in [0.5, 0.6) is 0 Å². The van der Waals surface area contributed by atoms with Gasteiger partial charge in [0.15, 0.2) is 11.6 Å². The summed E-state index contributed by atoms with van der Waals surface area (Å²) in [6.45, 7) is 5.63. The maximum Gasteiger partial charge on any atom is 0.235 e. The van der Waals surface area contributed by atoms with E-state index in [-0.39, 0.29) is 27.0 Å². The van der Waals surface area contributed by atoms with Crippen LogP contribution in [-0.4, -0.2) is 15.4 Å². The fourth-order valence-corrected chi connectivity index (χ4v) is 1.96. The lowest BCUT2D eigenvalue weighted by Gasteiger charge is -2.19. The first-order valence-electron chi connectivity index (χ1n) is 4.84. The minimum Gasteiger partial charge on any atom is -0.412 e. The highest BCUT2D eigenvalue weighted by atomic mass is 28.2. The molecule has 0 spiro atoms. The zero-order valence-electron chi connectivity index (χ0n) is 9.40. The average Bonchev–Trinajstić information content (AvgIpc) is 2.11. The molecule has 88 valence electrons.